The predicted octanol–water partition coefficient (Wildman–Crippen LogP) is 1.46. The van der Waals surface area contributed by atoms with Gasteiger partial charge in [0, 0.05) is 0 Å². The molecule has 0 unspecified atom stereocenters. The maximum atomic E-state index is 11.4. The van der Waals surface area contributed by atoms with Gasteiger partial charge in [-0.2, -0.15) is 0 Å². The van der Waals surface area contributed by atoms with Gasteiger partial charge in [0.15, 0.2) is 0 Å². The maximum Gasteiger partial charge on any atom is 0.209 e. The van der Waals surface area contributed by atoms with E-state index in [0.717, 1.165) is 0 Å². The van der Waals surface area contributed by atoms with Gasteiger partial charge in [0.05, 0.1) is 27.2 Å². The molecule has 0 aromatic carbocycles. The molecule has 5 heteroatoms. The molecule has 0 aliphatic carbocycles. The minimum Gasteiger partial charge on any atom is -0.251 e. The molecule has 0 amide bonds. The summed E-state index contributed by atoms with van der Waals surface area (Å²) in [5.41, 5.74) is 0. The van der Waals surface area contributed by atoms with Crippen molar-refractivity contribution in [2.24, 2.45) is 0 Å². The van der Waals surface area contributed by atoms with Crippen molar-refractivity contribution in [2.75, 3.05) is 12.4 Å². The third kappa shape index (κ3) is 8.36. The van der Waals surface area contributed by atoms with E-state index in [4.69, 9.17) is 0 Å². The normalized spacial score (nSPS) is 11.8. The van der Waals surface area contributed by atoms with Gasteiger partial charge in [-0.15, -0.1) is 0 Å². The molecule has 0 atom stereocenters. The monoisotopic (exact) mass is 218 g/mol. The standard InChI is InChI=1S/C4H8BrFO2S/c5-9(7,8)4-2-1-3-6/h1-4H2. The highest BCUT2D eigenvalue weighted by atomic mass is 79.9. The molecule has 0 radical (unpaired) electrons. The van der Waals surface area contributed by atoms with Gasteiger partial charge in [0.25, 0.3) is 0 Å². The first-order valence-corrected chi connectivity index (χ1v) is 6.04. The molecule has 0 aliphatic heterocycles. The molecule has 0 spiro atoms. The van der Waals surface area contributed by atoms with Crippen LogP contribution in [0.3, 0.4) is 0 Å². The Hall–Kier alpha value is 0.360. The Labute approximate surface area is 61.6 Å². The van der Waals surface area contributed by atoms with Crippen molar-refractivity contribution in [3.63, 3.8) is 0 Å². The molecule has 0 saturated carbocycles. The van der Waals surface area contributed by atoms with Crippen LogP contribution in [0.15, 0.2) is 0 Å². The second-order valence-corrected chi connectivity index (χ2v) is 6.08. The lowest BCUT2D eigenvalue weighted by Crippen LogP contribution is -1.96. The van der Waals surface area contributed by atoms with Gasteiger partial charge in [-0.3, -0.25) is 4.39 Å². The van der Waals surface area contributed by atoms with Gasteiger partial charge in [-0.25, -0.2) is 8.42 Å². The van der Waals surface area contributed by atoms with Crippen molar-refractivity contribution < 1.29 is 12.8 Å². The number of halogens is 2. The zero-order chi connectivity index (χ0) is 7.33. The summed E-state index contributed by atoms with van der Waals surface area (Å²) in [6.45, 7) is -0.442. The summed E-state index contributed by atoms with van der Waals surface area (Å²) in [5, 5.41) is 0. The van der Waals surface area contributed by atoms with Gasteiger partial charge in [-0.05, 0) is 12.8 Å². The summed E-state index contributed by atoms with van der Waals surface area (Å²) in [4.78, 5) is 0. The molecule has 0 saturated heterocycles. The summed E-state index contributed by atoms with van der Waals surface area (Å²) in [6.07, 6.45) is 0.717. The number of hydrogen-bond donors (Lipinski definition) is 0. The van der Waals surface area contributed by atoms with Crippen molar-refractivity contribution in [3.8, 4) is 0 Å². The van der Waals surface area contributed by atoms with Gasteiger partial charge >= 0.3 is 0 Å². The Bertz CT molecular complexity index is 154. The molecule has 0 fully saturated rings. The van der Waals surface area contributed by atoms with Crippen LogP contribution in [0.4, 0.5) is 4.39 Å². The molecular formula is C4H8BrFO2S. The topological polar surface area (TPSA) is 34.1 Å². The Balaban J connectivity index is 3.30. The smallest absolute Gasteiger partial charge is 0.209 e. The molecule has 0 aromatic rings. The van der Waals surface area contributed by atoms with Crippen LogP contribution in [0, 0.1) is 0 Å². The minimum absolute atomic E-state index is 0.0247. The maximum absolute atomic E-state index is 11.4. The third-order valence-electron chi connectivity index (χ3n) is 0.772. The van der Waals surface area contributed by atoms with Crippen LogP contribution in [-0.2, 0) is 8.27 Å². The summed E-state index contributed by atoms with van der Waals surface area (Å²) in [7, 11) is -3.05. The van der Waals surface area contributed by atoms with E-state index < -0.39 is 14.9 Å². The fourth-order valence-electron chi connectivity index (χ4n) is 0.369. The van der Waals surface area contributed by atoms with E-state index in [-0.39, 0.29) is 5.75 Å². The first-order valence-electron chi connectivity index (χ1n) is 2.54. The third-order valence-corrected chi connectivity index (χ3v) is 2.52. The van der Waals surface area contributed by atoms with E-state index in [1.54, 1.807) is 0 Å². The first kappa shape index (κ1) is 9.36. The summed E-state index contributed by atoms with van der Waals surface area (Å²) >= 11 is 2.46. The second-order valence-electron chi connectivity index (χ2n) is 1.64. The van der Waals surface area contributed by atoms with E-state index in [0.29, 0.717) is 12.8 Å². The Morgan fingerprint density at radius 2 is 1.89 bits per heavy atom. The molecule has 0 aliphatic rings. The SMILES string of the molecule is O=S(=O)(Br)CCCCF. The highest BCUT2D eigenvalue weighted by Crippen LogP contribution is 2.03. The zero-order valence-electron chi connectivity index (χ0n) is 4.81. The number of hydrogen-bond acceptors (Lipinski definition) is 2. The van der Waals surface area contributed by atoms with Crippen LogP contribution in [0.1, 0.15) is 12.8 Å². The zero-order valence-corrected chi connectivity index (χ0v) is 7.21. The van der Waals surface area contributed by atoms with Crippen molar-refractivity contribution in [2.45, 2.75) is 12.8 Å². The number of alkyl halides is 1. The molecule has 9 heavy (non-hydrogen) atoms. The number of unbranched alkanes of at least 4 members (excludes halogenated alkanes) is 1. The van der Waals surface area contributed by atoms with Gasteiger partial charge < -0.3 is 0 Å². The lowest BCUT2D eigenvalue weighted by molar-refractivity contribution is 0.469. The molecular weight excluding hydrogens is 211 g/mol. The fraction of sp³-hybridized carbons (Fsp3) is 1.00. The van der Waals surface area contributed by atoms with E-state index in [9.17, 15) is 12.8 Å². The van der Waals surface area contributed by atoms with Crippen LogP contribution in [-0.4, -0.2) is 20.8 Å². The molecule has 0 heterocycles. The minimum atomic E-state index is -3.05. The Morgan fingerprint density at radius 3 is 2.22 bits per heavy atom. The van der Waals surface area contributed by atoms with Crippen molar-refractivity contribution >= 4 is 23.1 Å². The molecule has 56 valence electrons. The summed E-state index contributed by atoms with van der Waals surface area (Å²) in [6, 6.07) is 0. The Kier molecular flexibility index (Phi) is 4.39. The summed E-state index contributed by atoms with van der Waals surface area (Å²) in [5.74, 6) is 0.0247. The molecule has 0 bridgehead atoms. The van der Waals surface area contributed by atoms with Crippen molar-refractivity contribution in [1.82, 2.24) is 0 Å². The first-order chi connectivity index (χ1) is 4.06. The fourth-order valence-corrected chi connectivity index (χ4v) is 1.60. The lowest BCUT2D eigenvalue weighted by atomic mass is 10.4. The van der Waals surface area contributed by atoms with Crippen LogP contribution in [0.2, 0.25) is 0 Å². The van der Waals surface area contributed by atoms with E-state index in [1.807, 2.05) is 0 Å². The number of rotatable bonds is 4. The van der Waals surface area contributed by atoms with Crippen LogP contribution in [0.25, 0.3) is 0 Å². The highest BCUT2D eigenvalue weighted by Gasteiger charge is 2.02. The van der Waals surface area contributed by atoms with Crippen LogP contribution < -0.4 is 0 Å². The highest BCUT2D eigenvalue weighted by molar-refractivity contribution is 9.47. The van der Waals surface area contributed by atoms with E-state index >= 15 is 0 Å². The summed E-state index contributed by atoms with van der Waals surface area (Å²) < 4.78 is 32.0. The van der Waals surface area contributed by atoms with Gasteiger partial charge in [-0.1, -0.05) is 0 Å². The largest absolute Gasteiger partial charge is 0.251 e. The van der Waals surface area contributed by atoms with Crippen molar-refractivity contribution in [3.05, 3.63) is 0 Å². The quantitative estimate of drug-likeness (QED) is 0.529. The predicted molar refractivity (Wildman–Crippen MR) is 37.9 cm³/mol. The average molecular weight is 219 g/mol. The molecule has 0 N–H and O–H groups in total. The molecule has 2 nitrogen and oxygen atoms in total. The average Bonchev–Trinajstić information content (AvgIpc) is 1.63. The Morgan fingerprint density at radius 1 is 1.33 bits per heavy atom. The van der Waals surface area contributed by atoms with Crippen LogP contribution in [0.5, 0.6) is 0 Å². The molecule has 0 rings (SSSR count). The van der Waals surface area contributed by atoms with Gasteiger partial charge in [0.1, 0.15) is 0 Å². The van der Waals surface area contributed by atoms with E-state index in [1.165, 1.54) is 0 Å². The van der Waals surface area contributed by atoms with Crippen LogP contribution >= 0.6 is 14.8 Å². The lowest BCUT2D eigenvalue weighted by Gasteiger charge is -1.91. The second kappa shape index (κ2) is 4.22. The van der Waals surface area contributed by atoms with Crippen molar-refractivity contribution in [1.29, 1.82) is 0 Å². The van der Waals surface area contributed by atoms with E-state index in [2.05, 4.69) is 14.8 Å². The van der Waals surface area contributed by atoms with Gasteiger partial charge in [0.2, 0.25) is 8.27 Å². The molecule has 0 aromatic heterocycles.